The summed E-state index contributed by atoms with van der Waals surface area (Å²) in [5.41, 5.74) is 0.483. The minimum Gasteiger partial charge on any atom is -0.393 e. The van der Waals surface area contributed by atoms with Gasteiger partial charge in [0.2, 0.25) is 0 Å². The number of aliphatic hydroxyl groups excluding tert-OH is 1. The van der Waals surface area contributed by atoms with Crippen molar-refractivity contribution < 1.29 is 5.11 Å². The number of hydrogen-bond donors (Lipinski definition) is 1. The summed E-state index contributed by atoms with van der Waals surface area (Å²) < 4.78 is 0. The van der Waals surface area contributed by atoms with E-state index in [9.17, 15) is 5.11 Å². The van der Waals surface area contributed by atoms with E-state index in [1.54, 1.807) is 0 Å². The molecular weight excluding hydrogens is 198 g/mol. The van der Waals surface area contributed by atoms with Gasteiger partial charge in [-0.1, -0.05) is 32.6 Å². The molecule has 0 radical (unpaired) electrons. The lowest BCUT2D eigenvalue weighted by molar-refractivity contribution is 0.00412. The van der Waals surface area contributed by atoms with E-state index in [0.717, 1.165) is 25.9 Å². The molecule has 2 rings (SSSR count). The highest BCUT2D eigenvalue weighted by molar-refractivity contribution is 4.93. The Labute approximate surface area is 100 Å². The van der Waals surface area contributed by atoms with Crippen LogP contribution in [0.5, 0.6) is 0 Å². The maximum Gasteiger partial charge on any atom is 0.0564 e. The van der Waals surface area contributed by atoms with Gasteiger partial charge in [0.25, 0.3) is 0 Å². The standard InChI is InChI=1S/C14H27NO/c1-2-14(9-5-3-4-6-10-14)15-11-7-13(16)8-12-15/h13,16H,2-12H2,1H3. The van der Waals surface area contributed by atoms with Crippen molar-refractivity contribution in [2.45, 2.75) is 76.4 Å². The summed E-state index contributed by atoms with van der Waals surface area (Å²) >= 11 is 0. The van der Waals surface area contributed by atoms with Crippen molar-refractivity contribution in [2.75, 3.05) is 13.1 Å². The maximum absolute atomic E-state index is 9.61. The molecule has 2 nitrogen and oxygen atoms in total. The SMILES string of the molecule is CCC1(N2CCC(O)CC2)CCCCCC1. The molecule has 1 saturated heterocycles. The van der Waals surface area contributed by atoms with Gasteiger partial charge in [-0.25, -0.2) is 0 Å². The molecule has 94 valence electrons. The third-order valence-electron chi connectivity index (χ3n) is 4.83. The van der Waals surface area contributed by atoms with Gasteiger partial charge in [0.1, 0.15) is 0 Å². The van der Waals surface area contributed by atoms with Gasteiger partial charge >= 0.3 is 0 Å². The zero-order valence-electron chi connectivity index (χ0n) is 10.7. The van der Waals surface area contributed by atoms with Crippen LogP contribution in [0.25, 0.3) is 0 Å². The van der Waals surface area contributed by atoms with Crippen molar-refractivity contribution >= 4 is 0 Å². The van der Waals surface area contributed by atoms with Gasteiger partial charge < -0.3 is 5.11 Å². The Morgan fingerprint density at radius 2 is 1.62 bits per heavy atom. The highest BCUT2D eigenvalue weighted by atomic mass is 16.3. The van der Waals surface area contributed by atoms with Gasteiger partial charge in [-0.2, -0.15) is 0 Å². The van der Waals surface area contributed by atoms with Crippen molar-refractivity contribution in [3.05, 3.63) is 0 Å². The molecule has 0 amide bonds. The lowest BCUT2D eigenvalue weighted by Crippen LogP contribution is -2.52. The van der Waals surface area contributed by atoms with E-state index in [-0.39, 0.29) is 6.10 Å². The van der Waals surface area contributed by atoms with Crippen molar-refractivity contribution in [2.24, 2.45) is 0 Å². The summed E-state index contributed by atoms with van der Waals surface area (Å²) in [6.07, 6.45) is 11.7. The van der Waals surface area contributed by atoms with Crippen molar-refractivity contribution in [3.8, 4) is 0 Å². The lowest BCUT2D eigenvalue weighted by atomic mass is 9.84. The summed E-state index contributed by atoms with van der Waals surface area (Å²) in [6.45, 7) is 4.60. The molecule has 1 heterocycles. The van der Waals surface area contributed by atoms with Crippen LogP contribution < -0.4 is 0 Å². The van der Waals surface area contributed by atoms with Crippen LogP contribution in [-0.2, 0) is 0 Å². The van der Waals surface area contributed by atoms with Crippen LogP contribution in [0.4, 0.5) is 0 Å². The van der Waals surface area contributed by atoms with Gasteiger partial charge in [0.15, 0.2) is 0 Å². The summed E-state index contributed by atoms with van der Waals surface area (Å²) in [6, 6.07) is 0. The van der Waals surface area contributed by atoms with E-state index in [1.165, 1.54) is 44.9 Å². The van der Waals surface area contributed by atoms with Crippen LogP contribution in [0.1, 0.15) is 64.7 Å². The second-order valence-corrected chi connectivity index (χ2v) is 5.71. The predicted molar refractivity (Wildman–Crippen MR) is 67.5 cm³/mol. The van der Waals surface area contributed by atoms with Crippen molar-refractivity contribution in [3.63, 3.8) is 0 Å². The molecule has 0 atom stereocenters. The number of rotatable bonds is 2. The summed E-state index contributed by atoms with van der Waals surface area (Å²) in [5.74, 6) is 0. The summed E-state index contributed by atoms with van der Waals surface area (Å²) in [4.78, 5) is 2.70. The molecule has 2 heteroatoms. The Morgan fingerprint density at radius 3 is 2.12 bits per heavy atom. The number of hydrogen-bond acceptors (Lipinski definition) is 2. The molecule has 16 heavy (non-hydrogen) atoms. The Balaban J connectivity index is 2.01. The third kappa shape index (κ3) is 2.60. The van der Waals surface area contributed by atoms with Crippen LogP contribution in [0.15, 0.2) is 0 Å². The molecule has 2 fully saturated rings. The lowest BCUT2D eigenvalue weighted by Gasteiger charge is -2.46. The number of nitrogens with zero attached hydrogens (tertiary/aromatic N) is 1. The number of aliphatic hydroxyl groups is 1. The first-order chi connectivity index (χ1) is 7.77. The number of piperidine rings is 1. The van der Waals surface area contributed by atoms with Crippen LogP contribution in [0, 0.1) is 0 Å². The van der Waals surface area contributed by atoms with Crippen LogP contribution in [-0.4, -0.2) is 34.7 Å². The number of likely N-dealkylation sites (tertiary alicyclic amines) is 1. The monoisotopic (exact) mass is 225 g/mol. The molecular formula is C14H27NO. The fourth-order valence-corrected chi connectivity index (χ4v) is 3.62. The first kappa shape index (κ1) is 12.4. The van der Waals surface area contributed by atoms with E-state index in [4.69, 9.17) is 0 Å². The Hall–Kier alpha value is -0.0800. The fourth-order valence-electron chi connectivity index (χ4n) is 3.62. The predicted octanol–water partition coefficient (Wildman–Crippen LogP) is 2.95. The second kappa shape index (κ2) is 5.50. The average Bonchev–Trinajstić information content (AvgIpc) is 2.56. The van der Waals surface area contributed by atoms with E-state index < -0.39 is 0 Å². The molecule has 1 saturated carbocycles. The van der Waals surface area contributed by atoms with Gasteiger partial charge in [-0.15, -0.1) is 0 Å². The molecule has 0 unspecified atom stereocenters. The van der Waals surface area contributed by atoms with Crippen LogP contribution >= 0.6 is 0 Å². The minimum absolute atomic E-state index is 0.0315. The van der Waals surface area contributed by atoms with Gasteiger partial charge in [0.05, 0.1) is 6.10 Å². The van der Waals surface area contributed by atoms with Crippen molar-refractivity contribution in [1.82, 2.24) is 4.90 Å². The van der Waals surface area contributed by atoms with E-state index in [1.807, 2.05) is 0 Å². The largest absolute Gasteiger partial charge is 0.393 e. The molecule has 1 aliphatic heterocycles. The van der Waals surface area contributed by atoms with E-state index >= 15 is 0 Å². The zero-order chi connectivity index (χ0) is 11.4. The maximum atomic E-state index is 9.61. The smallest absolute Gasteiger partial charge is 0.0564 e. The summed E-state index contributed by atoms with van der Waals surface area (Å²) in [5, 5.41) is 9.61. The normalized spacial score (nSPS) is 28.9. The average molecular weight is 225 g/mol. The second-order valence-electron chi connectivity index (χ2n) is 5.71. The first-order valence-electron chi connectivity index (χ1n) is 7.20. The van der Waals surface area contributed by atoms with Crippen molar-refractivity contribution in [1.29, 1.82) is 0 Å². The highest BCUT2D eigenvalue weighted by Crippen LogP contribution is 2.36. The minimum atomic E-state index is -0.0315. The quantitative estimate of drug-likeness (QED) is 0.730. The molecule has 0 bridgehead atoms. The fraction of sp³-hybridized carbons (Fsp3) is 1.00. The summed E-state index contributed by atoms with van der Waals surface area (Å²) in [7, 11) is 0. The van der Waals surface area contributed by atoms with Gasteiger partial charge in [-0.05, 0) is 32.1 Å². The molecule has 1 aliphatic carbocycles. The highest BCUT2D eigenvalue weighted by Gasteiger charge is 2.36. The molecule has 2 aliphatic rings. The molecule has 0 aromatic rings. The molecule has 0 aromatic heterocycles. The van der Waals surface area contributed by atoms with Crippen LogP contribution in [0.3, 0.4) is 0 Å². The first-order valence-corrected chi connectivity index (χ1v) is 7.20. The van der Waals surface area contributed by atoms with Crippen LogP contribution in [0.2, 0.25) is 0 Å². The topological polar surface area (TPSA) is 23.5 Å². The Bertz CT molecular complexity index is 201. The van der Waals surface area contributed by atoms with Gasteiger partial charge in [-0.3, -0.25) is 4.90 Å². The third-order valence-corrected chi connectivity index (χ3v) is 4.83. The van der Waals surface area contributed by atoms with E-state index in [0.29, 0.717) is 5.54 Å². The Kier molecular flexibility index (Phi) is 4.26. The zero-order valence-corrected chi connectivity index (χ0v) is 10.7. The molecule has 1 N–H and O–H groups in total. The molecule has 0 spiro atoms. The molecule has 0 aromatic carbocycles. The Morgan fingerprint density at radius 1 is 1.06 bits per heavy atom. The van der Waals surface area contributed by atoms with Gasteiger partial charge in [0, 0.05) is 18.6 Å². The van der Waals surface area contributed by atoms with E-state index in [2.05, 4.69) is 11.8 Å².